The van der Waals surface area contributed by atoms with Gasteiger partial charge in [0.25, 0.3) is 11.7 Å². The number of aryl methyl sites for hydroxylation is 1. The number of hydrogen-bond acceptors (Lipinski definition) is 4. The lowest BCUT2D eigenvalue weighted by atomic mass is 9.92. The molecule has 4 aromatic carbocycles. The van der Waals surface area contributed by atoms with Crippen LogP contribution in [0.25, 0.3) is 16.5 Å². The molecule has 5 heteroatoms. The molecule has 0 aromatic heterocycles. The second-order valence-corrected chi connectivity index (χ2v) is 10.7. The van der Waals surface area contributed by atoms with Crippen LogP contribution in [0.3, 0.4) is 0 Å². The lowest BCUT2D eigenvalue weighted by Crippen LogP contribution is -2.29. The first-order chi connectivity index (χ1) is 18.1. The second kappa shape index (κ2) is 9.82. The molecular formula is C33H31NO4. The van der Waals surface area contributed by atoms with Gasteiger partial charge in [0.2, 0.25) is 0 Å². The number of ketones is 1. The lowest BCUT2D eigenvalue weighted by molar-refractivity contribution is -0.140. The van der Waals surface area contributed by atoms with Gasteiger partial charge >= 0.3 is 0 Å². The van der Waals surface area contributed by atoms with Crippen LogP contribution in [0.2, 0.25) is 0 Å². The van der Waals surface area contributed by atoms with E-state index in [1.807, 2.05) is 113 Å². The highest BCUT2D eigenvalue weighted by Crippen LogP contribution is 2.41. The quantitative estimate of drug-likeness (QED) is 0.181. The predicted molar refractivity (Wildman–Crippen MR) is 150 cm³/mol. The Morgan fingerprint density at radius 3 is 2.29 bits per heavy atom. The number of Topliss-reactive ketones (excluding diaryl/α,β-unsaturated/α-hetero) is 1. The first-order valence-electron chi connectivity index (χ1n) is 12.7. The highest BCUT2D eigenvalue weighted by molar-refractivity contribution is 6.46. The van der Waals surface area contributed by atoms with Crippen LogP contribution in [0, 0.1) is 6.92 Å². The number of benzene rings is 4. The van der Waals surface area contributed by atoms with Crippen molar-refractivity contribution in [2.75, 3.05) is 0 Å². The van der Waals surface area contributed by atoms with Crippen LogP contribution < -0.4 is 4.74 Å². The minimum absolute atomic E-state index is 0.102. The monoisotopic (exact) mass is 505 g/mol. The van der Waals surface area contributed by atoms with Crippen LogP contribution in [-0.2, 0) is 16.1 Å². The molecule has 1 atom stereocenters. The molecule has 38 heavy (non-hydrogen) atoms. The van der Waals surface area contributed by atoms with Gasteiger partial charge in [0, 0.05) is 12.1 Å². The number of carbonyl (C=O) groups is 2. The van der Waals surface area contributed by atoms with E-state index in [4.69, 9.17) is 4.74 Å². The van der Waals surface area contributed by atoms with Crippen molar-refractivity contribution in [2.24, 2.45) is 0 Å². The van der Waals surface area contributed by atoms with Crippen LogP contribution >= 0.6 is 0 Å². The maximum atomic E-state index is 13.5. The zero-order valence-electron chi connectivity index (χ0n) is 22.1. The van der Waals surface area contributed by atoms with E-state index in [1.54, 1.807) is 11.0 Å². The normalized spacial score (nSPS) is 17.3. The number of likely N-dealkylation sites (tertiary alicyclic amines) is 1. The van der Waals surface area contributed by atoms with E-state index < -0.39 is 17.7 Å². The van der Waals surface area contributed by atoms with E-state index in [0.29, 0.717) is 5.56 Å². The molecule has 0 aliphatic carbocycles. The summed E-state index contributed by atoms with van der Waals surface area (Å²) >= 11 is 0. The summed E-state index contributed by atoms with van der Waals surface area (Å²) in [5, 5.41) is 13.4. The van der Waals surface area contributed by atoms with Gasteiger partial charge in [0.15, 0.2) is 0 Å². The molecule has 1 fully saturated rings. The van der Waals surface area contributed by atoms with E-state index in [2.05, 4.69) is 0 Å². The van der Waals surface area contributed by atoms with Crippen molar-refractivity contribution in [1.29, 1.82) is 0 Å². The maximum absolute atomic E-state index is 13.5. The molecule has 1 unspecified atom stereocenters. The van der Waals surface area contributed by atoms with Crippen LogP contribution in [0.15, 0.2) is 96.6 Å². The van der Waals surface area contributed by atoms with Gasteiger partial charge in [0.05, 0.1) is 11.6 Å². The average Bonchev–Trinajstić information content (AvgIpc) is 3.13. The third kappa shape index (κ3) is 4.92. The number of hydrogen-bond donors (Lipinski definition) is 1. The van der Waals surface area contributed by atoms with E-state index in [9.17, 15) is 14.7 Å². The summed E-state index contributed by atoms with van der Waals surface area (Å²) in [4.78, 5) is 28.5. The Bertz CT molecular complexity index is 1550. The number of nitrogens with zero attached hydrogens (tertiary/aromatic N) is 1. The molecule has 0 radical (unpaired) electrons. The van der Waals surface area contributed by atoms with E-state index >= 15 is 0 Å². The molecule has 1 amide bonds. The Morgan fingerprint density at radius 2 is 1.58 bits per heavy atom. The van der Waals surface area contributed by atoms with Gasteiger partial charge in [0.1, 0.15) is 17.1 Å². The van der Waals surface area contributed by atoms with Crippen molar-refractivity contribution in [3.05, 3.63) is 119 Å². The Balaban J connectivity index is 1.61. The Morgan fingerprint density at radius 1 is 0.895 bits per heavy atom. The summed E-state index contributed by atoms with van der Waals surface area (Å²) in [6.07, 6.45) is 0. The minimum Gasteiger partial charge on any atom is -0.507 e. The van der Waals surface area contributed by atoms with Crippen molar-refractivity contribution in [1.82, 2.24) is 4.90 Å². The molecule has 192 valence electrons. The summed E-state index contributed by atoms with van der Waals surface area (Å²) in [5.41, 5.74) is 2.94. The number of amides is 1. The summed E-state index contributed by atoms with van der Waals surface area (Å²) in [6, 6.07) is 27.8. The van der Waals surface area contributed by atoms with E-state index in [1.165, 1.54) is 0 Å². The van der Waals surface area contributed by atoms with Crippen molar-refractivity contribution < 1.29 is 19.4 Å². The summed E-state index contributed by atoms with van der Waals surface area (Å²) in [5.74, 6) is -0.750. The Hall–Kier alpha value is -4.38. The predicted octanol–water partition coefficient (Wildman–Crippen LogP) is 6.95. The number of fused-ring (bicyclic) bond motifs is 1. The fraction of sp³-hybridized carbons (Fsp3) is 0.212. The maximum Gasteiger partial charge on any atom is 0.295 e. The SMILES string of the molecule is Cc1cccc(C2/C(=C(/O)c3cccc4ccccc34)C(=O)C(=O)N2Cc2ccc(OC(C)(C)C)cc2)c1. The Labute approximate surface area is 223 Å². The molecule has 1 N–H and O–H groups in total. The molecule has 1 aliphatic rings. The van der Waals surface area contributed by atoms with Crippen LogP contribution in [0.4, 0.5) is 0 Å². The fourth-order valence-corrected chi connectivity index (χ4v) is 5.02. The van der Waals surface area contributed by atoms with Gasteiger partial charge in [-0.3, -0.25) is 9.59 Å². The van der Waals surface area contributed by atoms with Crippen LogP contribution in [0.5, 0.6) is 5.75 Å². The van der Waals surface area contributed by atoms with Gasteiger partial charge < -0.3 is 14.7 Å². The zero-order chi connectivity index (χ0) is 27.0. The third-order valence-electron chi connectivity index (χ3n) is 6.64. The molecule has 5 nitrogen and oxygen atoms in total. The highest BCUT2D eigenvalue weighted by Gasteiger charge is 2.46. The number of aliphatic hydroxyl groups is 1. The van der Waals surface area contributed by atoms with Gasteiger partial charge in [-0.25, -0.2) is 0 Å². The van der Waals surface area contributed by atoms with Gasteiger partial charge in [-0.15, -0.1) is 0 Å². The van der Waals surface area contributed by atoms with Crippen molar-refractivity contribution in [3.63, 3.8) is 0 Å². The van der Waals surface area contributed by atoms with E-state index in [0.717, 1.165) is 33.2 Å². The van der Waals surface area contributed by atoms with Crippen molar-refractivity contribution in [2.45, 2.75) is 45.9 Å². The van der Waals surface area contributed by atoms with E-state index in [-0.39, 0.29) is 23.5 Å². The van der Waals surface area contributed by atoms with Crippen LogP contribution in [0.1, 0.15) is 49.1 Å². The molecule has 4 aromatic rings. The minimum atomic E-state index is -0.723. The first kappa shape index (κ1) is 25.3. The third-order valence-corrected chi connectivity index (χ3v) is 6.64. The van der Waals surface area contributed by atoms with Crippen molar-refractivity contribution in [3.8, 4) is 5.75 Å². The standard InChI is InChI=1S/C33H31NO4/c1-21-9-7-12-24(19-21)29-28(30(35)27-14-8-11-23-10-5-6-13-26(23)27)31(36)32(37)34(29)20-22-15-17-25(18-16-22)38-33(2,3)4/h5-19,29,35H,20H2,1-4H3/b30-28-. The molecule has 0 saturated carbocycles. The van der Waals surface area contributed by atoms with Gasteiger partial charge in [-0.2, -0.15) is 0 Å². The summed E-state index contributed by atoms with van der Waals surface area (Å²) < 4.78 is 5.93. The number of aliphatic hydroxyl groups excluding tert-OH is 1. The number of ether oxygens (including phenoxy) is 1. The highest BCUT2D eigenvalue weighted by atomic mass is 16.5. The molecule has 1 saturated heterocycles. The molecule has 1 heterocycles. The van der Waals surface area contributed by atoms with Gasteiger partial charge in [-0.1, -0.05) is 84.4 Å². The van der Waals surface area contributed by atoms with Crippen LogP contribution in [-0.4, -0.2) is 27.3 Å². The lowest BCUT2D eigenvalue weighted by Gasteiger charge is -2.26. The summed E-state index contributed by atoms with van der Waals surface area (Å²) in [6.45, 7) is 8.13. The summed E-state index contributed by atoms with van der Waals surface area (Å²) in [7, 11) is 0. The number of rotatable bonds is 5. The molecule has 0 bridgehead atoms. The molecule has 1 aliphatic heterocycles. The van der Waals surface area contributed by atoms with Crippen molar-refractivity contribution >= 4 is 28.2 Å². The topological polar surface area (TPSA) is 66.8 Å². The smallest absolute Gasteiger partial charge is 0.295 e. The average molecular weight is 506 g/mol. The molecule has 5 rings (SSSR count). The fourth-order valence-electron chi connectivity index (χ4n) is 5.02. The number of carbonyl (C=O) groups excluding carboxylic acids is 2. The zero-order valence-corrected chi connectivity index (χ0v) is 22.1. The molecular weight excluding hydrogens is 474 g/mol. The second-order valence-electron chi connectivity index (χ2n) is 10.7. The molecule has 0 spiro atoms. The first-order valence-corrected chi connectivity index (χ1v) is 12.7. The van der Waals surface area contributed by atoms with Gasteiger partial charge in [-0.05, 0) is 61.7 Å². The largest absolute Gasteiger partial charge is 0.507 e. The Kier molecular flexibility index (Phi) is 6.53.